The van der Waals surface area contributed by atoms with E-state index in [0.717, 1.165) is 17.3 Å². The lowest BCUT2D eigenvalue weighted by Crippen LogP contribution is -2.31. The highest BCUT2D eigenvalue weighted by atomic mass is 19.4. The molecule has 3 heterocycles. The summed E-state index contributed by atoms with van der Waals surface area (Å²) >= 11 is 0. The van der Waals surface area contributed by atoms with Crippen molar-refractivity contribution in [2.24, 2.45) is 13.0 Å². The summed E-state index contributed by atoms with van der Waals surface area (Å²) < 4.78 is 46.9. The second-order valence-corrected chi connectivity index (χ2v) is 6.06. The van der Waals surface area contributed by atoms with Crippen molar-refractivity contribution in [3.8, 4) is 0 Å². The number of alkyl halides is 3. The van der Waals surface area contributed by atoms with Gasteiger partial charge in [0.1, 0.15) is 5.82 Å². The molecule has 0 bridgehead atoms. The van der Waals surface area contributed by atoms with E-state index in [-0.39, 0.29) is 12.2 Å². The normalized spacial score (nSPS) is 17.5. The molecular formula is C15H19F3N6O2. The molecule has 1 aliphatic rings. The number of nitrogens with zero attached hydrogens (tertiary/aromatic N) is 4. The van der Waals surface area contributed by atoms with Gasteiger partial charge >= 0.3 is 12.2 Å². The Labute approximate surface area is 147 Å². The summed E-state index contributed by atoms with van der Waals surface area (Å²) in [6.45, 7) is 1.65. The Morgan fingerprint density at radius 1 is 1.42 bits per heavy atom. The molecule has 0 aliphatic carbocycles. The molecule has 1 atom stereocenters. The summed E-state index contributed by atoms with van der Waals surface area (Å²) in [6.07, 6.45) is -1.31. The van der Waals surface area contributed by atoms with Gasteiger partial charge in [-0.1, -0.05) is 0 Å². The van der Waals surface area contributed by atoms with Crippen LogP contribution < -0.4 is 10.6 Å². The Morgan fingerprint density at radius 3 is 2.92 bits per heavy atom. The maximum absolute atomic E-state index is 12.9. The predicted molar refractivity (Wildman–Crippen MR) is 85.2 cm³/mol. The summed E-state index contributed by atoms with van der Waals surface area (Å²) in [6, 6.07) is 1.00. The average Bonchev–Trinajstić information content (AvgIpc) is 3.28. The lowest BCUT2D eigenvalue weighted by atomic mass is 10.1. The molecule has 0 radical (unpaired) electrons. The number of aromatic nitrogens is 4. The first kappa shape index (κ1) is 18.2. The fraction of sp³-hybridized carbons (Fsp3) is 0.533. The van der Waals surface area contributed by atoms with Gasteiger partial charge in [-0.15, -0.1) is 0 Å². The van der Waals surface area contributed by atoms with Crippen molar-refractivity contribution in [1.29, 1.82) is 0 Å². The molecule has 1 saturated heterocycles. The second-order valence-electron chi connectivity index (χ2n) is 6.06. The van der Waals surface area contributed by atoms with Gasteiger partial charge in [0.15, 0.2) is 0 Å². The van der Waals surface area contributed by atoms with E-state index in [2.05, 4.69) is 20.8 Å². The SMILES string of the molecule is Cn1ncc(C(F)(F)F)c1CNC(=O)Nc1ccnn1CC1CCOC1. The molecule has 0 spiro atoms. The number of hydrogen-bond acceptors (Lipinski definition) is 4. The number of anilines is 1. The summed E-state index contributed by atoms with van der Waals surface area (Å²) in [5, 5.41) is 12.8. The van der Waals surface area contributed by atoms with Crippen LogP contribution in [-0.2, 0) is 31.1 Å². The van der Waals surface area contributed by atoms with E-state index in [0.29, 0.717) is 31.5 Å². The molecule has 3 rings (SSSR count). The van der Waals surface area contributed by atoms with Crippen LogP contribution in [0.25, 0.3) is 0 Å². The Morgan fingerprint density at radius 2 is 2.23 bits per heavy atom. The van der Waals surface area contributed by atoms with Gasteiger partial charge in [-0.3, -0.25) is 10.00 Å². The van der Waals surface area contributed by atoms with Crippen molar-refractivity contribution in [2.75, 3.05) is 18.5 Å². The maximum atomic E-state index is 12.9. The van der Waals surface area contributed by atoms with Crippen LogP contribution in [0.15, 0.2) is 18.5 Å². The molecule has 142 valence electrons. The fourth-order valence-corrected chi connectivity index (χ4v) is 2.79. The fourth-order valence-electron chi connectivity index (χ4n) is 2.79. The minimum atomic E-state index is -4.52. The van der Waals surface area contributed by atoms with E-state index in [1.807, 2.05) is 0 Å². The smallest absolute Gasteiger partial charge is 0.381 e. The number of rotatable bonds is 5. The molecule has 2 aromatic rings. The van der Waals surface area contributed by atoms with Crippen LogP contribution in [0.2, 0.25) is 0 Å². The molecule has 8 nitrogen and oxygen atoms in total. The first-order chi connectivity index (χ1) is 12.3. The molecule has 0 saturated carbocycles. The maximum Gasteiger partial charge on any atom is 0.419 e. The van der Waals surface area contributed by atoms with E-state index >= 15 is 0 Å². The minimum absolute atomic E-state index is 0.121. The highest BCUT2D eigenvalue weighted by Crippen LogP contribution is 2.31. The van der Waals surface area contributed by atoms with Crippen molar-refractivity contribution in [2.45, 2.75) is 25.7 Å². The van der Waals surface area contributed by atoms with E-state index in [1.54, 1.807) is 16.9 Å². The van der Waals surface area contributed by atoms with Gasteiger partial charge in [0.05, 0.1) is 36.8 Å². The molecule has 26 heavy (non-hydrogen) atoms. The van der Waals surface area contributed by atoms with Crippen molar-refractivity contribution >= 4 is 11.8 Å². The van der Waals surface area contributed by atoms with Crippen molar-refractivity contribution in [3.63, 3.8) is 0 Å². The number of hydrogen-bond donors (Lipinski definition) is 2. The topological polar surface area (TPSA) is 86.0 Å². The molecule has 1 aliphatic heterocycles. The summed E-state index contributed by atoms with van der Waals surface area (Å²) in [5.74, 6) is 0.790. The largest absolute Gasteiger partial charge is 0.419 e. The van der Waals surface area contributed by atoms with Crippen LogP contribution in [0.5, 0.6) is 0 Å². The predicted octanol–water partition coefficient (Wildman–Crippen LogP) is 1.99. The van der Waals surface area contributed by atoms with E-state index in [1.165, 1.54) is 7.05 Å². The number of amides is 2. The zero-order valence-electron chi connectivity index (χ0n) is 14.1. The van der Waals surface area contributed by atoms with Crippen molar-refractivity contribution < 1.29 is 22.7 Å². The Bertz CT molecular complexity index is 764. The first-order valence-electron chi connectivity index (χ1n) is 8.07. The van der Waals surface area contributed by atoms with Gasteiger partial charge in [-0.05, 0) is 6.42 Å². The Balaban J connectivity index is 1.59. The molecule has 2 N–H and O–H groups in total. The molecule has 0 aromatic carbocycles. The molecule has 2 amide bonds. The molecule has 1 fully saturated rings. The van der Waals surface area contributed by atoms with E-state index in [4.69, 9.17) is 4.74 Å². The zero-order valence-corrected chi connectivity index (χ0v) is 14.1. The van der Waals surface area contributed by atoms with Gasteiger partial charge in [0, 0.05) is 32.2 Å². The molecular weight excluding hydrogens is 353 g/mol. The third-order valence-corrected chi connectivity index (χ3v) is 4.20. The quantitative estimate of drug-likeness (QED) is 0.841. The average molecular weight is 372 g/mol. The number of aryl methyl sites for hydroxylation is 1. The lowest BCUT2D eigenvalue weighted by molar-refractivity contribution is -0.138. The second kappa shape index (κ2) is 7.36. The minimum Gasteiger partial charge on any atom is -0.381 e. The van der Waals surface area contributed by atoms with Crippen LogP contribution in [0.3, 0.4) is 0 Å². The standard InChI is InChI=1S/C15H19F3N6O2/c1-23-12(11(6-21-23)15(16,17)18)7-19-14(25)22-13-2-4-20-24(13)8-10-3-5-26-9-10/h2,4,6,10H,3,5,7-9H2,1H3,(H2,19,22,25). The van der Waals surface area contributed by atoms with Crippen LogP contribution in [0, 0.1) is 5.92 Å². The van der Waals surface area contributed by atoms with Crippen molar-refractivity contribution in [3.05, 3.63) is 29.7 Å². The van der Waals surface area contributed by atoms with Gasteiger partial charge in [0.25, 0.3) is 0 Å². The summed E-state index contributed by atoms with van der Waals surface area (Å²) in [7, 11) is 1.39. The first-order valence-corrected chi connectivity index (χ1v) is 8.07. The Kier molecular flexibility index (Phi) is 5.16. The number of carbonyl (C=O) groups is 1. The zero-order chi connectivity index (χ0) is 18.7. The van der Waals surface area contributed by atoms with Gasteiger partial charge in [0.2, 0.25) is 0 Å². The number of nitrogens with one attached hydrogen (secondary N) is 2. The number of halogens is 3. The van der Waals surface area contributed by atoms with Crippen LogP contribution in [0.1, 0.15) is 17.7 Å². The molecule has 2 aromatic heterocycles. The van der Waals surface area contributed by atoms with Gasteiger partial charge in [-0.25, -0.2) is 9.48 Å². The number of carbonyl (C=O) groups excluding carboxylic acids is 1. The highest BCUT2D eigenvalue weighted by molar-refractivity contribution is 5.88. The van der Waals surface area contributed by atoms with Crippen molar-refractivity contribution in [1.82, 2.24) is 24.9 Å². The third kappa shape index (κ3) is 4.15. The van der Waals surface area contributed by atoms with Gasteiger partial charge < -0.3 is 10.1 Å². The summed E-state index contributed by atoms with van der Waals surface area (Å²) in [5.41, 5.74) is -0.990. The Hall–Kier alpha value is -2.56. The molecule has 1 unspecified atom stereocenters. The van der Waals surface area contributed by atoms with E-state index in [9.17, 15) is 18.0 Å². The monoisotopic (exact) mass is 372 g/mol. The lowest BCUT2D eigenvalue weighted by Gasteiger charge is -2.13. The number of ether oxygens (including phenoxy) is 1. The van der Waals surface area contributed by atoms with Crippen LogP contribution in [0.4, 0.5) is 23.8 Å². The van der Waals surface area contributed by atoms with Crippen LogP contribution >= 0.6 is 0 Å². The highest BCUT2D eigenvalue weighted by Gasteiger charge is 2.35. The van der Waals surface area contributed by atoms with Crippen LogP contribution in [-0.4, -0.2) is 38.8 Å². The number of urea groups is 1. The summed E-state index contributed by atoms with van der Waals surface area (Å²) in [4.78, 5) is 12.1. The van der Waals surface area contributed by atoms with Gasteiger partial charge in [-0.2, -0.15) is 23.4 Å². The van der Waals surface area contributed by atoms with E-state index < -0.39 is 17.8 Å². The molecule has 11 heteroatoms. The third-order valence-electron chi connectivity index (χ3n) is 4.20.